The van der Waals surface area contributed by atoms with Crippen molar-refractivity contribution in [3.63, 3.8) is 0 Å². The number of carbonyl (C=O) groups is 1. The van der Waals surface area contributed by atoms with Crippen molar-refractivity contribution in [3.8, 4) is 28.0 Å². The van der Waals surface area contributed by atoms with Gasteiger partial charge in [0.15, 0.2) is 0 Å². The van der Waals surface area contributed by atoms with Gasteiger partial charge in [0, 0.05) is 22.5 Å². The van der Waals surface area contributed by atoms with Crippen LogP contribution in [-0.2, 0) is 4.79 Å². The van der Waals surface area contributed by atoms with Crippen LogP contribution in [0, 0.1) is 0 Å². The SMILES string of the molecule is CC(=O)Oc1c(-c2ccccc2)cc(Br)cc1-c1ccccc1. The molecule has 0 atom stereocenters. The summed E-state index contributed by atoms with van der Waals surface area (Å²) in [5.41, 5.74) is 3.77. The lowest BCUT2D eigenvalue weighted by molar-refractivity contribution is -0.131. The molecule has 114 valence electrons. The van der Waals surface area contributed by atoms with Crippen LogP contribution in [0.15, 0.2) is 77.3 Å². The molecule has 0 radical (unpaired) electrons. The maximum Gasteiger partial charge on any atom is 0.308 e. The number of hydrogen-bond donors (Lipinski definition) is 0. The molecule has 0 unspecified atom stereocenters. The third-order valence-electron chi connectivity index (χ3n) is 3.47. The average molecular weight is 367 g/mol. The van der Waals surface area contributed by atoms with Crippen molar-refractivity contribution in [2.45, 2.75) is 6.92 Å². The van der Waals surface area contributed by atoms with Crippen LogP contribution in [-0.4, -0.2) is 5.97 Å². The molecule has 0 saturated carbocycles. The lowest BCUT2D eigenvalue weighted by Gasteiger charge is -2.15. The number of rotatable bonds is 3. The Balaban J connectivity index is 2.27. The largest absolute Gasteiger partial charge is 0.425 e. The number of halogens is 1. The van der Waals surface area contributed by atoms with Crippen molar-refractivity contribution in [1.29, 1.82) is 0 Å². The number of esters is 1. The van der Waals surface area contributed by atoms with Crippen LogP contribution in [0.2, 0.25) is 0 Å². The summed E-state index contributed by atoms with van der Waals surface area (Å²) in [5.74, 6) is 0.250. The molecule has 0 fully saturated rings. The highest BCUT2D eigenvalue weighted by molar-refractivity contribution is 9.10. The summed E-state index contributed by atoms with van der Waals surface area (Å²) in [5, 5.41) is 0. The van der Waals surface area contributed by atoms with Gasteiger partial charge in [-0.3, -0.25) is 4.79 Å². The fraction of sp³-hybridized carbons (Fsp3) is 0.0500. The highest BCUT2D eigenvalue weighted by Gasteiger charge is 2.16. The Bertz CT molecular complexity index is 766. The first-order chi connectivity index (χ1) is 11.1. The van der Waals surface area contributed by atoms with Crippen molar-refractivity contribution >= 4 is 21.9 Å². The molecular weight excluding hydrogens is 352 g/mol. The summed E-state index contributed by atoms with van der Waals surface area (Å²) in [7, 11) is 0. The molecule has 0 bridgehead atoms. The minimum absolute atomic E-state index is 0.332. The van der Waals surface area contributed by atoms with Crippen molar-refractivity contribution in [3.05, 3.63) is 77.3 Å². The lowest BCUT2D eigenvalue weighted by atomic mass is 9.97. The summed E-state index contributed by atoms with van der Waals surface area (Å²) in [6.45, 7) is 1.42. The molecule has 0 saturated heterocycles. The molecule has 2 nitrogen and oxygen atoms in total. The smallest absolute Gasteiger partial charge is 0.308 e. The van der Waals surface area contributed by atoms with Gasteiger partial charge in [-0.2, -0.15) is 0 Å². The number of ether oxygens (including phenoxy) is 1. The first-order valence-corrected chi connectivity index (χ1v) is 8.07. The predicted octanol–water partition coefficient (Wildman–Crippen LogP) is 5.71. The monoisotopic (exact) mass is 366 g/mol. The Morgan fingerprint density at radius 3 is 1.65 bits per heavy atom. The highest BCUT2D eigenvalue weighted by atomic mass is 79.9. The Morgan fingerprint density at radius 1 is 0.826 bits per heavy atom. The van der Waals surface area contributed by atoms with E-state index in [2.05, 4.69) is 15.9 Å². The molecule has 3 aromatic carbocycles. The minimum Gasteiger partial charge on any atom is -0.425 e. The van der Waals surface area contributed by atoms with E-state index in [9.17, 15) is 4.79 Å². The van der Waals surface area contributed by atoms with Gasteiger partial charge in [-0.15, -0.1) is 0 Å². The van der Waals surface area contributed by atoms with E-state index in [4.69, 9.17) is 4.74 Å². The molecule has 3 rings (SSSR count). The normalized spacial score (nSPS) is 10.3. The van der Waals surface area contributed by atoms with Crippen LogP contribution in [0.3, 0.4) is 0 Å². The van der Waals surface area contributed by atoms with E-state index < -0.39 is 0 Å². The second kappa shape index (κ2) is 6.80. The standard InChI is InChI=1S/C20H15BrO2/c1-14(22)23-20-18(15-8-4-2-5-9-15)12-17(21)13-19(20)16-10-6-3-7-11-16/h2-13H,1H3. The van der Waals surface area contributed by atoms with E-state index >= 15 is 0 Å². The molecule has 0 aliphatic heterocycles. The van der Waals surface area contributed by atoms with Gasteiger partial charge in [0.25, 0.3) is 0 Å². The van der Waals surface area contributed by atoms with E-state index in [0.717, 1.165) is 26.7 Å². The first-order valence-electron chi connectivity index (χ1n) is 7.28. The molecule has 3 aromatic rings. The Kier molecular flexibility index (Phi) is 4.58. The summed E-state index contributed by atoms with van der Waals surface area (Å²) in [6, 6.07) is 23.8. The topological polar surface area (TPSA) is 26.3 Å². The molecule has 3 heteroatoms. The Labute approximate surface area is 143 Å². The molecule has 0 spiro atoms. The molecule has 0 N–H and O–H groups in total. The molecule has 0 aromatic heterocycles. The Hall–Kier alpha value is -2.39. The van der Waals surface area contributed by atoms with Crippen LogP contribution >= 0.6 is 15.9 Å². The second-order valence-corrected chi connectivity index (χ2v) is 6.07. The molecule has 0 amide bonds. The van der Waals surface area contributed by atoms with Crippen LogP contribution < -0.4 is 4.74 Å². The van der Waals surface area contributed by atoms with Crippen molar-refractivity contribution < 1.29 is 9.53 Å². The number of benzene rings is 3. The molecular formula is C20H15BrO2. The van der Waals surface area contributed by atoms with Gasteiger partial charge < -0.3 is 4.74 Å². The zero-order valence-corrected chi connectivity index (χ0v) is 14.2. The van der Waals surface area contributed by atoms with Crippen LogP contribution in [0.5, 0.6) is 5.75 Å². The fourth-order valence-corrected chi connectivity index (χ4v) is 2.97. The van der Waals surface area contributed by atoms with E-state index in [0.29, 0.717) is 5.75 Å². The zero-order chi connectivity index (χ0) is 16.2. The summed E-state index contributed by atoms with van der Waals surface area (Å²) < 4.78 is 6.52. The molecule has 23 heavy (non-hydrogen) atoms. The van der Waals surface area contributed by atoms with E-state index in [-0.39, 0.29) is 5.97 Å². The third kappa shape index (κ3) is 3.51. The van der Waals surface area contributed by atoms with Gasteiger partial charge in [0.2, 0.25) is 0 Å². The van der Waals surface area contributed by atoms with Crippen molar-refractivity contribution in [1.82, 2.24) is 0 Å². The van der Waals surface area contributed by atoms with Gasteiger partial charge >= 0.3 is 5.97 Å². The molecule has 0 aliphatic carbocycles. The Morgan fingerprint density at radius 2 is 1.26 bits per heavy atom. The lowest BCUT2D eigenvalue weighted by Crippen LogP contribution is -2.04. The second-order valence-electron chi connectivity index (χ2n) is 5.16. The first kappa shape index (κ1) is 15.5. The van der Waals surface area contributed by atoms with Gasteiger partial charge in [-0.1, -0.05) is 76.6 Å². The van der Waals surface area contributed by atoms with Gasteiger partial charge in [-0.25, -0.2) is 0 Å². The quantitative estimate of drug-likeness (QED) is 0.438. The third-order valence-corrected chi connectivity index (χ3v) is 3.93. The summed E-state index contributed by atoms with van der Waals surface area (Å²) in [4.78, 5) is 11.6. The van der Waals surface area contributed by atoms with Gasteiger partial charge in [-0.05, 0) is 23.3 Å². The van der Waals surface area contributed by atoms with Crippen LogP contribution in [0.1, 0.15) is 6.92 Å². The van der Waals surface area contributed by atoms with Crippen LogP contribution in [0.4, 0.5) is 0 Å². The van der Waals surface area contributed by atoms with Gasteiger partial charge in [0.1, 0.15) is 5.75 Å². The fourth-order valence-electron chi connectivity index (χ4n) is 2.51. The maximum absolute atomic E-state index is 11.6. The summed E-state index contributed by atoms with van der Waals surface area (Å²) in [6.07, 6.45) is 0. The number of hydrogen-bond acceptors (Lipinski definition) is 2. The van der Waals surface area contributed by atoms with Crippen molar-refractivity contribution in [2.75, 3.05) is 0 Å². The highest BCUT2D eigenvalue weighted by Crippen LogP contribution is 2.41. The number of carbonyl (C=O) groups excluding carboxylic acids is 1. The molecule has 0 aliphatic rings. The minimum atomic E-state index is -0.332. The predicted molar refractivity (Wildman–Crippen MR) is 96.3 cm³/mol. The van der Waals surface area contributed by atoms with E-state index in [1.807, 2.05) is 72.8 Å². The van der Waals surface area contributed by atoms with E-state index in [1.165, 1.54) is 6.92 Å². The maximum atomic E-state index is 11.6. The average Bonchev–Trinajstić information content (AvgIpc) is 2.57. The van der Waals surface area contributed by atoms with Crippen LogP contribution in [0.25, 0.3) is 22.3 Å². The van der Waals surface area contributed by atoms with Gasteiger partial charge in [0.05, 0.1) is 0 Å². The zero-order valence-electron chi connectivity index (χ0n) is 12.6. The van der Waals surface area contributed by atoms with Crippen molar-refractivity contribution in [2.24, 2.45) is 0 Å². The molecule has 0 heterocycles. The summed E-state index contributed by atoms with van der Waals surface area (Å²) >= 11 is 3.57. The van der Waals surface area contributed by atoms with E-state index in [1.54, 1.807) is 0 Å².